The van der Waals surface area contributed by atoms with Gasteiger partial charge in [0, 0.05) is 44.8 Å². The van der Waals surface area contributed by atoms with E-state index in [-0.39, 0.29) is 0 Å². The molecule has 0 amide bonds. The molecule has 2 heterocycles. The fraction of sp³-hybridized carbons (Fsp3) is 0.625. The first kappa shape index (κ1) is 16.8. The average molecular weight is 319 g/mol. The summed E-state index contributed by atoms with van der Waals surface area (Å²) in [4.78, 5) is 11.0. The Labute approximate surface area is 137 Å². The second-order valence-corrected chi connectivity index (χ2v) is 6.63. The Hall–Kier alpha value is -1.61. The van der Waals surface area contributed by atoms with E-state index in [4.69, 9.17) is 6.42 Å². The molecular formula is C16H25N5S. The van der Waals surface area contributed by atoms with Crippen LogP contribution in [0.4, 0.5) is 0 Å². The van der Waals surface area contributed by atoms with E-state index in [0.717, 1.165) is 43.5 Å². The molecule has 22 heavy (non-hydrogen) atoms. The van der Waals surface area contributed by atoms with Gasteiger partial charge in [0.25, 0.3) is 0 Å². The standard InChI is InChI=1S/C16H25N5S/c1-4-10-22-11-7-19-16(17-3)20-8-5-14(2)15(12-20)21-9-6-18-13-21/h1,6,9,13-15H,5,7-8,10-12H2,2-3H3,(H,17,19). The van der Waals surface area contributed by atoms with Gasteiger partial charge in [-0.3, -0.25) is 4.99 Å². The van der Waals surface area contributed by atoms with Crippen LogP contribution in [0, 0.1) is 18.3 Å². The molecule has 5 nitrogen and oxygen atoms in total. The topological polar surface area (TPSA) is 45.5 Å². The Morgan fingerprint density at radius 1 is 1.59 bits per heavy atom. The molecule has 0 saturated carbocycles. The first-order valence-corrected chi connectivity index (χ1v) is 8.86. The minimum atomic E-state index is 0.450. The molecular weight excluding hydrogens is 294 g/mol. The summed E-state index contributed by atoms with van der Waals surface area (Å²) in [6.07, 6.45) is 12.2. The van der Waals surface area contributed by atoms with Crippen molar-refractivity contribution in [2.75, 3.05) is 38.2 Å². The molecule has 2 unspecified atom stereocenters. The Morgan fingerprint density at radius 3 is 3.14 bits per heavy atom. The second kappa shape index (κ2) is 8.74. The van der Waals surface area contributed by atoms with Gasteiger partial charge < -0.3 is 14.8 Å². The fourth-order valence-electron chi connectivity index (χ4n) is 2.79. The molecule has 0 bridgehead atoms. The van der Waals surface area contributed by atoms with Crippen molar-refractivity contribution in [3.05, 3.63) is 18.7 Å². The lowest BCUT2D eigenvalue weighted by Gasteiger charge is -2.39. The summed E-state index contributed by atoms with van der Waals surface area (Å²) >= 11 is 1.77. The quantitative estimate of drug-likeness (QED) is 0.388. The van der Waals surface area contributed by atoms with Crippen LogP contribution in [-0.2, 0) is 0 Å². The Morgan fingerprint density at radius 2 is 2.45 bits per heavy atom. The lowest BCUT2D eigenvalue weighted by Crippen LogP contribution is -2.49. The third-order valence-corrected chi connectivity index (χ3v) is 4.92. The zero-order valence-electron chi connectivity index (χ0n) is 13.4. The Kier molecular flexibility index (Phi) is 6.66. The van der Waals surface area contributed by atoms with Crippen LogP contribution in [0.2, 0.25) is 0 Å². The van der Waals surface area contributed by atoms with E-state index in [9.17, 15) is 0 Å². The number of guanidine groups is 1. The third kappa shape index (κ3) is 4.44. The molecule has 1 aliphatic heterocycles. The number of imidazole rings is 1. The van der Waals surface area contributed by atoms with Crippen molar-refractivity contribution < 1.29 is 0 Å². The molecule has 6 heteroatoms. The molecule has 2 rings (SSSR count). The number of aromatic nitrogens is 2. The molecule has 1 aromatic heterocycles. The van der Waals surface area contributed by atoms with Gasteiger partial charge in [-0.15, -0.1) is 18.2 Å². The highest BCUT2D eigenvalue weighted by Gasteiger charge is 2.28. The number of thioether (sulfide) groups is 1. The normalized spacial score (nSPS) is 22.4. The van der Waals surface area contributed by atoms with Crippen LogP contribution in [0.25, 0.3) is 0 Å². The van der Waals surface area contributed by atoms with Crippen molar-refractivity contribution in [3.63, 3.8) is 0 Å². The number of nitrogens with zero attached hydrogens (tertiary/aromatic N) is 4. The molecule has 2 atom stereocenters. The lowest BCUT2D eigenvalue weighted by atomic mass is 9.93. The predicted molar refractivity (Wildman–Crippen MR) is 94.1 cm³/mol. The first-order valence-electron chi connectivity index (χ1n) is 7.70. The number of rotatable bonds is 5. The van der Waals surface area contributed by atoms with Crippen LogP contribution in [-0.4, -0.2) is 58.6 Å². The molecule has 120 valence electrons. The van der Waals surface area contributed by atoms with Gasteiger partial charge in [-0.1, -0.05) is 12.8 Å². The van der Waals surface area contributed by atoms with Crippen LogP contribution in [0.1, 0.15) is 19.4 Å². The van der Waals surface area contributed by atoms with Gasteiger partial charge >= 0.3 is 0 Å². The molecule has 0 radical (unpaired) electrons. The molecule has 1 aliphatic rings. The highest BCUT2D eigenvalue weighted by molar-refractivity contribution is 7.99. The molecule has 1 aromatic rings. The van der Waals surface area contributed by atoms with Gasteiger partial charge in [-0.2, -0.15) is 0 Å². The van der Waals surface area contributed by atoms with E-state index in [1.807, 2.05) is 19.6 Å². The SMILES string of the molecule is C#CCSCCNC(=NC)N1CCC(C)C(n2ccnc2)C1. The van der Waals surface area contributed by atoms with Crippen molar-refractivity contribution in [2.24, 2.45) is 10.9 Å². The molecule has 0 spiro atoms. The largest absolute Gasteiger partial charge is 0.355 e. The van der Waals surface area contributed by atoms with E-state index in [1.165, 1.54) is 0 Å². The maximum Gasteiger partial charge on any atom is 0.193 e. The highest BCUT2D eigenvalue weighted by Crippen LogP contribution is 2.27. The maximum atomic E-state index is 5.26. The van der Waals surface area contributed by atoms with E-state index in [2.05, 4.69) is 43.8 Å². The summed E-state index contributed by atoms with van der Waals surface area (Å²) in [5, 5.41) is 3.44. The Bertz CT molecular complexity index is 505. The van der Waals surface area contributed by atoms with Crippen LogP contribution in [0.3, 0.4) is 0 Å². The van der Waals surface area contributed by atoms with Gasteiger partial charge in [0.2, 0.25) is 0 Å². The zero-order valence-corrected chi connectivity index (χ0v) is 14.2. The van der Waals surface area contributed by atoms with Gasteiger partial charge in [-0.05, 0) is 12.3 Å². The highest BCUT2D eigenvalue weighted by atomic mass is 32.2. The summed E-state index contributed by atoms with van der Waals surface area (Å²) in [5.74, 6) is 6.04. The number of piperidine rings is 1. The summed E-state index contributed by atoms with van der Waals surface area (Å²) in [6.45, 7) is 5.22. The number of hydrogen-bond donors (Lipinski definition) is 1. The average Bonchev–Trinajstić information content (AvgIpc) is 3.06. The second-order valence-electron chi connectivity index (χ2n) is 5.52. The minimum Gasteiger partial charge on any atom is -0.355 e. The van der Waals surface area contributed by atoms with Crippen molar-refractivity contribution in [1.82, 2.24) is 19.8 Å². The van der Waals surface area contributed by atoms with Crippen molar-refractivity contribution in [3.8, 4) is 12.3 Å². The van der Waals surface area contributed by atoms with Gasteiger partial charge in [0.1, 0.15) is 0 Å². The first-order chi connectivity index (χ1) is 10.8. The van der Waals surface area contributed by atoms with Crippen LogP contribution < -0.4 is 5.32 Å². The summed E-state index contributed by atoms with van der Waals surface area (Å²) in [7, 11) is 1.85. The van der Waals surface area contributed by atoms with E-state index >= 15 is 0 Å². The van der Waals surface area contributed by atoms with E-state index in [1.54, 1.807) is 11.8 Å². The van der Waals surface area contributed by atoms with Crippen LogP contribution in [0.15, 0.2) is 23.7 Å². The predicted octanol–water partition coefficient (Wildman–Crippen LogP) is 1.71. The molecule has 0 aliphatic carbocycles. The molecule has 1 fully saturated rings. The molecule has 1 N–H and O–H groups in total. The molecule has 1 saturated heterocycles. The minimum absolute atomic E-state index is 0.450. The van der Waals surface area contributed by atoms with Gasteiger partial charge in [0.15, 0.2) is 5.96 Å². The summed E-state index contributed by atoms with van der Waals surface area (Å²) < 4.78 is 2.22. The van der Waals surface area contributed by atoms with Gasteiger partial charge in [0.05, 0.1) is 18.1 Å². The zero-order chi connectivity index (χ0) is 15.8. The lowest BCUT2D eigenvalue weighted by molar-refractivity contribution is 0.189. The van der Waals surface area contributed by atoms with Crippen LogP contribution >= 0.6 is 11.8 Å². The fourth-order valence-corrected chi connectivity index (χ4v) is 3.30. The smallest absolute Gasteiger partial charge is 0.193 e. The van der Waals surface area contributed by atoms with Gasteiger partial charge in [-0.25, -0.2) is 4.98 Å². The van der Waals surface area contributed by atoms with Crippen molar-refractivity contribution in [2.45, 2.75) is 19.4 Å². The van der Waals surface area contributed by atoms with E-state index in [0.29, 0.717) is 12.0 Å². The third-order valence-electron chi connectivity index (χ3n) is 4.05. The molecule has 0 aromatic carbocycles. The van der Waals surface area contributed by atoms with Crippen LogP contribution in [0.5, 0.6) is 0 Å². The number of likely N-dealkylation sites (tertiary alicyclic amines) is 1. The monoisotopic (exact) mass is 319 g/mol. The number of terminal acetylenes is 1. The van der Waals surface area contributed by atoms with Crippen molar-refractivity contribution in [1.29, 1.82) is 0 Å². The maximum absolute atomic E-state index is 5.26. The Balaban J connectivity index is 1.88. The number of aliphatic imine (C=N–C) groups is 1. The number of nitrogens with one attached hydrogen (secondary N) is 1. The summed E-state index contributed by atoms with van der Waals surface area (Å²) in [5.41, 5.74) is 0. The summed E-state index contributed by atoms with van der Waals surface area (Å²) in [6, 6.07) is 0.450. The van der Waals surface area contributed by atoms with E-state index < -0.39 is 0 Å². The number of hydrogen-bond acceptors (Lipinski definition) is 3. The van der Waals surface area contributed by atoms with Crippen molar-refractivity contribution >= 4 is 17.7 Å².